The summed E-state index contributed by atoms with van der Waals surface area (Å²) in [6.45, 7) is -0.805. The van der Waals surface area contributed by atoms with Gasteiger partial charge in [-0.1, -0.05) is 0 Å². The molecule has 0 saturated carbocycles. The third-order valence-corrected chi connectivity index (χ3v) is 2.33. The van der Waals surface area contributed by atoms with Crippen molar-refractivity contribution in [3.63, 3.8) is 0 Å². The van der Waals surface area contributed by atoms with Crippen LogP contribution in [0.1, 0.15) is 33.6 Å². The zero-order chi connectivity index (χ0) is 14.8. The van der Waals surface area contributed by atoms with Crippen molar-refractivity contribution in [1.82, 2.24) is 4.98 Å². The zero-order valence-corrected chi connectivity index (χ0v) is 9.59. The van der Waals surface area contributed by atoms with Gasteiger partial charge >= 0.3 is 12.1 Å². The van der Waals surface area contributed by atoms with Gasteiger partial charge in [0.25, 0.3) is 6.43 Å². The molecule has 0 unspecified atom stereocenters. The molecule has 0 aromatic carbocycles. The Labute approximate surface area is 104 Å². The van der Waals surface area contributed by atoms with Gasteiger partial charge < -0.3 is 10.5 Å². The van der Waals surface area contributed by atoms with Crippen LogP contribution in [0.15, 0.2) is 6.20 Å². The lowest BCUT2D eigenvalue weighted by Crippen LogP contribution is -2.20. The smallest absolute Gasteiger partial charge is 0.418 e. The molecule has 0 aliphatic carbocycles. The number of carbonyl (C=O) groups is 1. The monoisotopic (exact) mass is 284 g/mol. The average molecular weight is 284 g/mol. The molecule has 19 heavy (non-hydrogen) atoms. The Hall–Kier alpha value is -1.77. The van der Waals surface area contributed by atoms with Crippen LogP contribution in [-0.2, 0) is 17.5 Å². The number of hydrogen-bond acceptors (Lipinski definition) is 4. The van der Waals surface area contributed by atoms with Gasteiger partial charge in [0, 0.05) is 12.7 Å². The fourth-order valence-electron chi connectivity index (χ4n) is 1.52. The molecule has 0 radical (unpaired) electrons. The molecule has 106 valence electrons. The molecule has 0 amide bonds. The summed E-state index contributed by atoms with van der Waals surface area (Å²) in [6, 6.07) is 0. The molecule has 1 heterocycles. The van der Waals surface area contributed by atoms with E-state index in [0.717, 1.165) is 7.11 Å². The third kappa shape index (κ3) is 2.98. The molecule has 1 rings (SSSR count). The molecule has 0 atom stereocenters. The lowest BCUT2D eigenvalue weighted by molar-refractivity contribution is -0.138. The SMILES string of the molecule is COC(=O)c1ncc(C(F)(F)F)c(CN)c1C(F)F. The first-order valence-corrected chi connectivity index (χ1v) is 4.89. The molecule has 0 aliphatic rings. The van der Waals surface area contributed by atoms with Gasteiger partial charge in [0.15, 0.2) is 5.69 Å². The highest BCUT2D eigenvalue weighted by molar-refractivity contribution is 5.89. The fraction of sp³-hybridized carbons (Fsp3) is 0.400. The summed E-state index contributed by atoms with van der Waals surface area (Å²) >= 11 is 0. The Morgan fingerprint density at radius 1 is 1.47 bits per heavy atom. The number of alkyl halides is 5. The van der Waals surface area contributed by atoms with Crippen LogP contribution in [0.3, 0.4) is 0 Å². The second kappa shape index (κ2) is 5.47. The van der Waals surface area contributed by atoms with Crippen LogP contribution in [-0.4, -0.2) is 18.1 Å². The average Bonchev–Trinajstić information content (AvgIpc) is 2.34. The molecular formula is C10H9F5N2O2. The van der Waals surface area contributed by atoms with Crippen LogP contribution in [0.25, 0.3) is 0 Å². The Morgan fingerprint density at radius 3 is 2.42 bits per heavy atom. The molecule has 9 heteroatoms. The number of pyridine rings is 1. The lowest BCUT2D eigenvalue weighted by Gasteiger charge is -2.17. The second-order valence-corrected chi connectivity index (χ2v) is 3.41. The van der Waals surface area contributed by atoms with Crippen LogP contribution >= 0.6 is 0 Å². The van der Waals surface area contributed by atoms with E-state index in [1.807, 2.05) is 0 Å². The Kier molecular flexibility index (Phi) is 4.40. The van der Waals surface area contributed by atoms with Crippen molar-refractivity contribution in [1.29, 1.82) is 0 Å². The van der Waals surface area contributed by atoms with Gasteiger partial charge in [0.1, 0.15) is 0 Å². The summed E-state index contributed by atoms with van der Waals surface area (Å²) in [6.07, 6.45) is -7.93. The van der Waals surface area contributed by atoms with E-state index in [4.69, 9.17) is 5.73 Å². The number of ether oxygens (including phenoxy) is 1. The quantitative estimate of drug-likeness (QED) is 0.683. The fourth-order valence-corrected chi connectivity index (χ4v) is 1.52. The number of esters is 1. The Bertz CT molecular complexity index is 488. The maximum absolute atomic E-state index is 12.9. The second-order valence-electron chi connectivity index (χ2n) is 3.41. The Balaban J connectivity index is 3.61. The molecule has 0 spiro atoms. The summed E-state index contributed by atoms with van der Waals surface area (Å²) in [5.74, 6) is -1.25. The van der Waals surface area contributed by atoms with E-state index in [2.05, 4.69) is 9.72 Å². The van der Waals surface area contributed by atoms with Crippen LogP contribution in [0.5, 0.6) is 0 Å². The summed E-state index contributed by atoms with van der Waals surface area (Å²) in [5.41, 5.74) is 0.811. The van der Waals surface area contributed by atoms with Gasteiger partial charge in [-0.3, -0.25) is 0 Å². The van der Waals surface area contributed by atoms with Gasteiger partial charge in [-0.25, -0.2) is 18.6 Å². The van der Waals surface area contributed by atoms with E-state index < -0.39 is 47.5 Å². The van der Waals surface area contributed by atoms with Crippen molar-refractivity contribution >= 4 is 5.97 Å². The Morgan fingerprint density at radius 2 is 2.05 bits per heavy atom. The molecule has 4 nitrogen and oxygen atoms in total. The van der Waals surface area contributed by atoms with E-state index in [0.29, 0.717) is 6.20 Å². The number of rotatable bonds is 3. The van der Waals surface area contributed by atoms with Crippen molar-refractivity contribution in [2.75, 3.05) is 7.11 Å². The lowest BCUT2D eigenvalue weighted by atomic mass is 10.0. The molecule has 0 aliphatic heterocycles. The molecule has 1 aromatic heterocycles. The van der Waals surface area contributed by atoms with Crippen LogP contribution < -0.4 is 5.73 Å². The molecule has 0 bridgehead atoms. The maximum Gasteiger partial charge on any atom is 0.418 e. The highest BCUT2D eigenvalue weighted by Crippen LogP contribution is 2.36. The van der Waals surface area contributed by atoms with Gasteiger partial charge in [0.2, 0.25) is 0 Å². The highest BCUT2D eigenvalue weighted by Gasteiger charge is 2.37. The normalized spacial score (nSPS) is 11.8. The van der Waals surface area contributed by atoms with E-state index >= 15 is 0 Å². The van der Waals surface area contributed by atoms with Gasteiger partial charge in [-0.05, 0) is 5.56 Å². The number of nitrogens with two attached hydrogens (primary N) is 1. The molecule has 2 N–H and O–H groups in total. The first-order valence-electron chi connectivity index (χ1n) is 4.89. The highest BCUT2D eigenvalue weighted by atomic mass is 19.4. The number of halogens is 5. The van der Waals surface area contributed by atoms with Gasteiger partial charge in [0.05, 0.1) is 18.2 Å². The van der Waals surface area contributed by atoms with Crippen LogP contribution in [0.4, 0.5) is 22.0 Å². The van der Waals surface area contributed by atoms with E-state index in [-0.39, 0.29) is 0 Å². The number of hydrogen-bond donors (Lipinski definition) is 1. The number of methoxy groups -OCH3 is 1. The summed E-state index contributed by atoms with van der Waals surface area (Å²) < 4.78 is 67.8. The predicted molar refractivity (Wildman–Crippen MR) is 53.4 cm³/mol. The minimum Gasteiger partial charge on any atom is -0.464 e. The van der Waals surface area contributed by atoms with E-state index in [1.54, 1.807) is 0 Å². The van der Waals surface area contributed by atoms with Crippen LogP contribution in [0.2, 0.25) is 0 Å². The first kappa shape index (κ1) is 15.3. The molecule has 1 aromatic rings. The van der Waals surface area contributed by atoms with Crippen molar-refractivity contribution in [2.24, 2.45) is 5.73 Å². The number of carbonyl (C=O) groups excluding carboxylic acids is 1. The first-order chi connectivity index (χ1) is 8.73. The third-order valence-electron chi connectivity index (χ3n) is 2.33. The minimum absolute atomic E-state index is 0.292. The van der Waals surface area contributed by atoms with E-state index in [1.165, 1.54) is 0 Å². The molecule has 0 fully saturated rings. The van der Waals surface area contributed by atoms with Crippen molar-refractivity contribution in [3.05, 3.63) is 28.6 Å². The molecular weight excluding hydrogens is 275 g/mol. The maximum atomic E-state index is 12.9. The molecule has 0 saturated heterocycles. The van der Waals surface area contributed by atoms with Gasteiger partial charge in [-0.15, -0.1) is 0 Å². The van der Waals surface area contributed by atoms with Crippen molar-refractivity contribution in [2.45, 2.75) is 19.1 Å². The standard InChI is InChI=1S/C10H9F5N2O2/c1-19-9(18)7-6(8(11)12)4(2-16)5(3-17-7)10(13,14)15/h3,8H,2,16H2,1H3. The number of nitrogens with zero attached hydrogens (tertiary/aromatic N) is 1. The summed E-state index contributed by atoms with van der Waals surface area (Å²) in [7, 11) is 0.902. The minimum atomic E-state index is -4.89. The predicted octanol–water partition coefficient (Wildman–Crippen LogP) is 2.28. The topological polar surface area (TPSA) is 65.2 Å². The summed E-state index contributed by atoms with van der Waals surface area (Å²) in [4.78, 5) is 14.3. The summed E-state index contributed by atoms with van der Waals surface area (Å²) in [5, 5.41) is 0. The largest absolute Gasteiger partial charge is 0.464 e. The van der Waals surface area contributed by atoms with Crippen molar-refractivity contribution in [3.8, 4) is 0 Å². The van der Waals surface area contributed by atoms with Crippen molar-refractivity contribution < 1.29 is 31.5 Å². The number of aromatic nitrogens is 1. The van der Waals surface area contributed by atoms with Crippen LogP contribution in [0, 0.1) is 0 Å². The van der Waals surface area contributed by atoms with Gasteiger partial charge in [-0.2, -0.15) is 13.2 Å². The zero-order valence-electron chi connectivity index (χ0n) is 9.59. The van der Waals surface area contributed by atoms with E-state index in [9.17, 15) is 26.7 Å².